The van der Waals surface area contributed by atoms with E-state index < -0.39 is 0 Å². The van der Waals surface area contributed by atoms with E-state index in [2.05, 4.69) is 52.4 Å². The number of hydrogen-bond acceptors (Lipinski definition) is 4. The van der Waals surface area contributed by atoms with Gasteiger partial charge in [-0.15, -0.1) is 0 Å². The Balaban J connectivity index is 1.51. The lowest BCUT2D eigenvalue weighted by atomic mass is 9.88. The van der Waals surface area contributed by atoms with E-state index in [1.54, 1.807) is 0 Å². The van der Waals surface area contributed by atoms with Crippen LogP contribution in [0.1, 0.15) is 48.8 Å². The molecule has 3 atom stereocenters. The zero-order valence-electron chi connectivity index (χ0n) is 16.1. The normalized spacial score (nSPS) is 24.6. The van der Waals surface area contributed by atoms with Gasteiger partial charge in [-0.2, -0.15) is 0 Å². The Labute approximate surface area is 165 Å². The second-order valence-electron chi connectivity index (χ2n) is 8.02. The van der Waals surface area contributed by atoms with Gasteiger partial charge in [-0.05, 0) is 55.9 Å². The number of rotatable bonds is 4. The summed E-state index contributed by atoms with van der Waals surface area (Å²) in [5, 5.41) is 0. The van der Waals surface area contributed by atoms with Crippen LogP contribution in [0, 0.1) is 0 Å². The molecule has 0 radical (unpaired) electrons. The third kappa shape index (κ3) is 3.36. The predicted molar refractivity (Wildman–Crippen MR) is 112 cm³/mol. The van der Waals surface area contributed by atoms with E-state index >= 15 is 0 Å². The lowest BCUT2D eigenvalue weighted by Crippen LogP contribution is -2.41. The molecule has 0 saturated carbocycles. The summed E-state index contributed by atoms with van der Waals surface area (Å²) in [6.07, 6.45) is 12.0. The van der Waals surface area contributed by atoms with Crippen molar-refractivity contribution < 1.29 is 0 Å². The smallest absolute Gasteiger partial charge is 0.121 e. The molecule has 3 N–H and O–H groups in total. The maximum absolute atomic E-state index is 6.12. The second-order valence-corrected chi connectivity index (χ2v) is 8.02. The number of fused-ring (bicyclic) bond motifs is 2. The maximum Gasteiger partial charge on any atom is 0.121 e. The van der Waals surface area contributed by atoms with Gasteiger partial charge in [0.1, 0.15) is 5.82 Å². The van der Waals surface area contributed by atoms with Crippen molar-refractivity contribution in [3.05, 3.63) is 71.8 Å². The van der Waals surface area contributed by atoms with Crippen LogP contribution in [-0.2, 0) is 13.0 Å². The Morgan fingerprint density at radius 1 is 1.07 bits per heavy atom. The van der Waals surface area contributed by atoms with Crippen LogP contribution in [0.15, 0.2) is 54.7 Å². The summed E-state index contributed by atoms with van der Waals surface area (Å²) in [6.45, 7) is 0.791. The molecular formula is C23H27N5. The van der Waals surface area contributed by atoms with Crippen LogP contribution in [0.5, 0.6) is 0 Å². The first-order chi connectivity index (χ1) is 13.8. The first kappa shape index (κ1) is 17.6. The van der Waals surface area contributed by atoms with E-state index in [1.165, 1.54) is 17.7 Å². The van der Waals surface area contributed by atoms with Crippen molar-refractivity contribution in [2.24, 2.45) is 5.73 Å². The average molecular weight is 374 g/mol. The minimum atomic E-state index is 0.182. The van der Waals surface area contributed by atoms with Crippen LogP contribution in [0.2, 0.25) is 0 Å². The van der Waals surface area contributed by atoms with Crippen molar-refractivity contribution in [2.75, 3.05) is 0 Å². The first-order valence-corrected chi connectivity index (χ1v) is 10.3. The standard InChI is InChI=1S/C23H27N5/c24-17-10-12-18(13-11-17)28(15-22-26-19-7-1-2-8-20(19)27-22)21-9-3-5-16-6-4-14-25-23(16)21/h1-2,4,6-8,10,12,14,17-18,21H,3,5,9,11,13,15,24H2,(H,26,27)/t17-,18-,21?/m0/s1. The number of benzene rings is 1. The molecule has 1 aromatic carbocycles. The molecule has 3 aromatic rings. The minimum absolute atomic E-state index is 0.182. The summed E-state index contributed by atoms with van der Waals surface area (Å²) in [7, 11) is 0. The third-order valence-corrected chi connectivity index (χ3v) is 6.14. The molecule has 5 rings (SSSR count). The lowest BCUT2D eigenvalue weighted by Gasteiger charge is -2.40. The van der Waals surface area contributed by atoms with Crippen molar-refractivity contribution in [1.29, 1.82) is 0 Å². The van der Waals surface area contributed by atoms with Gasteiger partial charge in [-0.25, -0.2) is 4.98 Å². The lowest BCUT2D eigenvalue weighted by molar-refractivity contribution is 0.118. The molecule has 2 aromatic heterocycles. The van der Waals surface area contributed by atoms with E-state index in [0.29, 0.717) is 12.1 Å². The van der Waals surface area contributed by atoms with Crippen LogP contribution in [0.3, 0.4) is 0 Å². The van der Waals surface area contributed by atoms with Gasteiger partial charge in [0.2, 0.25) is 0 Å². The van der Waals surface area contributed by atoms with Gasteiger partial charge in [0, 0.05) is 18.3 Å². The number of nitrogens with one attached hydrogen (secondary N) is 1. The Morgan fingerprint density at radius 3 is 2.86 bits per heavy atom. The highest BCUT2D eigenvalue weighted by molar-refractivity contribution is 5.74. The van der Waals surface area contributed by atoms with Gasteiger partial charge in [0.25, 0.3) is 0 Å². The first-order valence-electron chi connectivity index (χ1n) is 10.3. The summed E-state index contributed by atoms with van der Waals surface area (Å²) in [5.41, 5.74) is 10.9. The van der Waals surface area contributed by atoms with Crippen LogP contribution < -0.4 is 5.73 Å². The largest absolute Gasteiger partial charge is 0.341 e. The summed E-state index contributed by atoms with van der Waals surface area (Å²) < 4.78 is 0. The second kappa shape index (κ2) is 7.49. The highest BCUT2D eigenvalue weighted by atomic mass is 15.2. The topological polar surface area (TPSA) is 70.8 Å². The Hall–Kier alpha value is -2.50. The van der Waals surface area contributed by atoms with Gasteiger partial charge in [0.05, 0.1) is 29.3 Å². The number of pyridine rings is 1. The van der Waals surface area contributed by atoms with Gasteiger partial charge < -0.3 is 10.7 Å². The minimum Gasteiger partial charge on any atom is -0.341 e. The fraction of sp³-hybridized carbons (Fsp3) is 0.391. The molecule has 0 aliphatic heterocycles. The summed E-state index contributed by atoms with van der Waals surface area (Å²) >= 11 is 0. The molecule has 28 heavy (non-hydrogen) atoms. The van der Waals surface area contributed by atoms with E-state index in [-0.39, 0.29) is 6.04 Å². The van der Waals surface area contributed by atoms with E-state index in [0.717, 1.165) is 49.1 Å². The number of aryl methyl sites for hydroxylation is 1. The molecule has 2 aliphatic rings. The van der Waals surface area contributed by atoms with Crippen molar-refractivity contribution in [1.82, 2.24) is 19.9 Å². The monoisotopic (exact) mass is 373 g/mol. The number of hydrogen-bond donors (Lipinski definition) is 2. The highest BCUT2D eigenvalue weighted by Gasteiger charge is 2.32. The molecule has 1 unspecified atom stereocenters. The number of H-pyrrole nitrogens is 1. The molecule has 144 valence electrons. The number of nitrogens with two attached hydrogens (primary N) is 1. The molecular weight excluding hydrogens is 346 g/mol. The fourth-order valence-electron chi connectivity index (χ4n) is 4.72. The van der Waals surface area contributed by atoms with Crippen molar-refractivity contribution in [3.8, 4) is 0 Å². The van der Waals surface area contributed by atoms with Crippen molar-refractivity contribution >= 4 is 11.0 Å². The number of imidazole rings is 1. The molecule has 0 spiro atoms. The Morgan fingerprint density at radius 2 is 2.00 bits per heavy atom. The fourth-order valence-corrected chi connectivity index (χ4v) is 4.72. The van der Waals surface area contributed by atoms with Crippen LogP contribution >= 0.6 is 0 Å². The Bertz CT molecular complexity index is 958. The Kier molecular flexibility index (Phi) is 4.71. The molecule has 5 heteroatoms. The summed E-state index contributed by atoms with van der Waals surface area (Å²) in [6, 6.07) is 13.4. The van der Waals surface area contributed by atoms with Crippen LogP contribution in [-0.4, -0.2) is 31.9 Å². The zero-order chi connectivity index (χ0) is 18.9. The van der Waals surface area contributed by atoms with Gasteiger partial charge in [-0.3, -0.25) is 9.88 Å². The van der Waals surface area contributed by atoms with Crippen molar-refractivity contribution in [2.45, 2.75) is 56.8 Å². The van der Waals surface area contributed by atoms with Gasteiger partial charge >= 0.3 is 0 Å². The van der Waals surface area contributed by atoms with Crippen molar-refractivity contribution in [3.63, 3.8) is 0 Å². The molecule has 0 fully saturated rings. The van der Waals surface area contributed by atoms with E-state index in [9.17, 15) is 0 Å². The van der Waals surface area contributed by atoms with E-state index in [4.69, 9.17) is 15.7 Å². The SMILES string of the molecule is N[C@H]1C=C[C@H](N(Cc2nc3ccccc3[nH]2)C2CCCc3cccnc32)CC1. The molecule has 0 bridgehead atoms. The predicted octanol–water partition coefficient (Wildman–Crippen LogP) is 3.88. The number of aromatic nitrogens is 3. The van der Waals surface area contributed by atoms with Crippen LogP contribution in [0.4, 0.5) is 0 Å². The zero-order valence-corrected chi connectivity index (χ0v) is 16.1. The molecule has 2 heterocycles. The molecule has 5 nitrogen and oxygen atoms in total. The number of para-hydroxylation sites is 2. The quantitative estimate of drug-likeness (QED) is 0.681. The molecule has 2 aliphatic carbocycles. The van der Waals surface area contributed by atoms with Crippen LogP contribution in [0.25, 0.3) is 11.0 Å². The molecule has 0 saturated heterocycles. The average Bonchev–Trinajstić information content (AvgIpc) is 3.15. The highest BCUT2D eigenvalue weighted by Crippen LogP contribution is 2.36. The van der Waals surface area contributed by atoms with E-state index in [1.807, 2.05) is 12.3 Å². The molecule has 0 amide bonds. The number of aromatic amines is 1. The maximum atomic E-state index is 6.12. The number of nitrogens with zero attached hydrogens (tertiary/aromatic N) is 3. The van der Waals surface area contributed by atoms with Gasteiger partial charge in [0.15, 0.2) is 0 Å². The summed E-state index contributed by atoms with van der Waals surface area (Å²) in [4.78, 5) is 15.7. The summed E-state index contributed by atoms with van der Waals surface area (Å²) in [5.74, 6) is 1.02. The van der Waals surface area contributed by atoms with Gasteiger partial charge in [-0.1, -0.05) is 30.4 Å². The third-order valence-electron chi connectivity index (χ3n) is 6.14.